The lowest BCUT2D eigenvalue weighted by Gasteiger charge is -2.26. The Balaban J connectivity index is 1.52. The monoisotopic (exact) mass is 428 g/mol. The molecule has 4 rings (SSSR count). The fourth-order valence-electron chi connectivity index (χ4n) is 3.47. The van der Waals surface area contributed by atoms with Crippen LogP contribution in [0.5, 0.6) is 5.75 Å². The number of nitrogens with zero attached hydrogens (tertiary/aromatic N) is 3. The average Bonchev–Trinajstić information content (AvgIpc) is 3.11. The van der Waals surface area contributed by atoms with Gasteiger partial charge in [0.1, 0.15) is 22.7 Å². The van der Waals surface area contributed by atoms with E-state index in [4.69, 9.17) is 4.74 Å². The van der Waals surface area contributed by atoms with Gasteiger partial charge in [-0.05, 0) is 36.6 Å². The summed E-state index contributed by atoms with van der Waals surface area (Å²) >= 11 is 3.37. The van der Waals surface area contributed by atoms with E-state index in [0.29, 0.717) is 0 Å². The van der Waals surface area contributed by atoms with Crippen LogP contribution in [0.2, 0.25) is 0 Å². The van der Waals surface area contributed by atoms with Crippen LogP contribution in [0.3, 0.4) is 0 Å². The summed E-state index contributed by atoms with van der Waals surface area (Å²) in [5.74, 6) is 3.78. The Bertz CT molecular complexity index is 1020. The largest absolute Gasteiger partial charge is 0.497 e. The smallest absolute Gasteiger partial charge is 0.264 e. The van der Waals surface area contributed by atoms with Crippen LogP contribution in [-0.4, -0.2) is 59.0 Å². The maximum absolute atomic E-state index is 13.0. The number of carbonyl (C=O) groups excluding carboxylic acids is 1. The fourth-order valence-corrected chi connectivity index (χ4v) is 5.49. The van der Waals surface area contributed by atoms with E-state index >= 15 is 0 Å². The number of aromatic nitrogens is 2. The van der Waals surface area contributed by atoms with E-state index in [1.807, 2.05) is 41.8 Å². The molecule has 0 saturated carbocycles. The molecule has 1 aromatic carbocycles. The van der Waals surface area contributed by atoms with E-state index in [0.717, 1.165) is 69.8 Å². The van der Waals surface area contributed by atoms with Crippen molar-refractivity contribution < 1.29 is 9.53 Å². The molecular weight excluding hydrogens is 404 g/mol. The van der Waals surface area contributed by atoms with E-state index in [9.17, 15) is 4.79 Å². The lowest BCUT2D eigenvalue weighted by Crippen LogP contribution is -2.37. The molecule has 0 aliphatic carbocycles. The maximum Gasteiger partial charge on any atom is 0.264 e. The number of anilines is 1. The molecule has 1 fully saturated rings. The molecule has 1 saturated heterocycles. The molecule has 1 N–H and O–H groups in total. The Morgan fingerprint density at radius 1 is 1.28 bits per heavy atom. The number of rotatable bonds is 6. The Morgan fingerprint density at radius 3 is 2.90 bits per heavy atom. The van der Waals surface area contributed by atoms with Crippen LogP contribution in [0.15, 0.2) is 30.6 Å². The number of fused-ring (bicyclic) bond motifs is 1. The van der Waals surface area contributed by atoms with Crippen molar-refractivity contribution in [3.63, 3.8) is 0 Å². The fraction of sp³-hybridized carbons (Fsp3) is 0.381. The van der Waals surface area contributed by atoms with E-state index < -0.39 is 0 Å². The van der Waals surface area contributed by atoms with Gasteiger partial charge in [0.05, 0.1) is 17.4 Å². The van der Waals surface area contributed by atoms with Gasteiger partial charge in [-0.2, -0.15) is 11.8 Å². The van der Waals surface area contributed by atoms with Crippen molar-refractivity contribution in [3.05, 3.63) is 46.6 Å². The van der Waals surface area contributed by atoms with Crippen LogP contribution < -0.4 is 10.1 Å². The standard InChI is InChI=1S/C21H24N4O2S2/c1-14-17-19(22-7-6-15-4-3-5-16(12-15)27-2)23-13-24-20(17)29-18(14)21(26)25-8-10-28-11-9-25/h3-5,12-13H,6-11H2,1-2H3,(H,22,23,24). The van der Waals surface area contributed by atoms with Gasteiger partial charge in [0.25, 0.3) is 5.91 Å². The summed E-state index contributed by atoms with van der Waals surface area (Å²) < 4.78 is 5.29. The molecule has 0 radical (unpaired) electrons. The minimum atomic E-state index is 0.119. The summed E-state index contributed by atoms with van der Waals surface area (Å²) in [5, 5.41) is 4.39. The molecule has 6 nitrogen and oxygen atoms in total. The lowest BCUT2D eigenvalue weighted by atomic mass is 10.1. The van der Waals surface area contributed by atoms with Crippen LogP contribution in [0.4, 0.5) is 5.82 Å². The quantitative estimate of drug-likeness (QED) is 0.643. The van der Waals surface area contributed by atoms with E-state index in [1.54, 1.807) is 13.4 Å². The second kappa shape index (κ2) is 9.00. The molecule has 1 amide bonds. The number of aryl methyl sites for hydroxylation is 1. The zero-order valence-electron chi connectivity index (χ0n) is 16.6. The first-order chi connectivity index (χ1) is 14.2. The molecule has 0 atom stereocenters. The number of thioether (sulfide) groups is 1. The minimum absolute atomic E-state index is 0.119. The first kappa shape index (κ1) is 20.0. The van der Waals surface area contributed by atoms with Crippen molar-refractivity contribution in [2.24, 2.45) is 0 Å². The second-order valence-electron chi connectivity index (χ2n) is 6.89. The number of hydrogen-bond acceptors (Lipinski definition) is 7. The third kappa shape index (κ3) is 4.33. The van der Waals surface area contributed by atoms with Crippen molar-refractivity contribution in [2.75, 3.05) is 43.6 Å². The van der Waals surface area contributed by atoms with Crippen LogP contribution >= 0.6 is 23.1 Å². The summed E-state index contributed by atoms with van der Waals surface area (Å²) in [6.07, 6.45) is 2.42. The van der Waals surface area contributed by atoms with Crippen LogP contribution in [-0.2, 0) is 6.42 Å². The molecule has 1 aliphatic rings. The summed E-state index contributed by atoms with van der Waals surface area (Å²) in [7, 11) is 1.68. The predicted molar refractivity (Wildman–Crippen MR) is 121 cm³/mol. The first-order valence-electron chi connectivity index (χ1n) is 9.65. The van der Waals surface area contributed by atoms with Crippen molar-refractivity contribution in [2.45, 2.75) is 13.3 Å². The summed E-state index contributed by atoms with van der Waals surface area (Å²) in [6.45, 7) is 4.37. The highest BCUT2D eigenvalue weighted by atomic mass is 32.2. The SMILES string of the molecule is COc1cccc(CCNc2ncnc3sc(C(=O)N4CCSCC4)c(C)c23)c1. The number of thiophene rings is 1. The highest BCUT2D eigenvalue weighted by Crippen LogP contribution is 2.34. The normalized spacial score (nSPS) is 14.2. The first-order valence-corrected chi connectivity index (χ1v) is 11.6. The van der Waals surface area contributed by atoms with Crippen molar-refractivity contribution in [1.82, 2.24) is 14.9 Å². The molecule has 8 heteroatoms. The van der Waals surface area contributed by atoms with E-state index in [2.05, 4.69) is 21.4 Å². The van der Waals surface area contributed by atoms with Gasteiger partial charge in [-0.25, -0.2) is 9.97 Å². The van der Waals surface area contributed by atoms with Crippen LogP contribution in [0.25, 0.3) is 10.2 Å². The van der Waals surface area contributed by atoms with Gasteiger partial charge in [-0.1, -0.05) is 12.1 Å². The predicted octanol–water partition coefficient (Wildman–Crippen LogP) is 3.85. The molecule has 0 bridgehead atoms. The van der Waals surface area contributed by atoms with Gasteiger partial charge in [0.15, 0.2) is 0 Å². The molecule has 3 heterocycles. The Labute approximate surface area is 178 Å². The van der Waals surface area contributed by atoms with E-state index in [1.165, 1.54) is 16.9 Å². The minimum Gasteiger partial charge on any atom is -0.497 e. The topological polar surface area (TPSA) is 67.3 Å². The van der Waals surface area contributed by atoms with Gasteiger partial charge >= 0.3 is 0 Å². The number of benzene rings is 1. The zero-order chi connectivity index (χ0) is 20.2. The molecular formula is C21H24N4O2S2. The van der Waals surface area contributed by atoms with E-state index in [-0.39, 0.29) is 5.91 Å². The van der Waals surface area contributed by atoms with Crippen LogP contribution in [0.1, 0.15) is 20.8 Å². The Hall–Kier alpha value is -2.32. The summed E-state index contributed by atoms with van der Waals surface area (Å²) in [6, 6.07) is 8.07. The zero-order valence-corrected chi connectivity index (χ0v) is 18.2. The number of amides is 1. The maximum atomic E-state index is 13.0. The molecule has 152 valence electrons. The van der Waals surface area contributed by atoms with Crippen molar-refractivity contribution in [1.29, 1.82) is 0 Å². The number of carbonyl (C=O) groups is 1. The third-order valence-electron chi connectivity index (χ3n) is 5.06. The van der Waals surface area contributed by atoms with Gasteiger partial charge in [0.2, 0.25) is 0 Å². The van der Waals surface area contributed by atoms with Crippen molar-refractivity contribution in [3.8, 4) is 5.75 Å². The van der Waals surface area contributed by atoms with Gasteiger partial charge in [-0.3, -0.25) is 4.79 Å². The average molecular weight is 429 g/mol. The highest BCUT2D eigenvalue weighted by Gasteiger charge is 2.24. The number of hydrogen-bond donors (Lipinski definition) is 1. The number of methoxy groups -OCH3 is 1. The van der Waals surface area contributed by atoms with Crippen LogP contribution in [0, 0.1) is 6.92 Å². The lowest BCUT2D eigenvalue weighted by molar-refractivity contribution is 0.0776. The van der Waals surface area contributed by atoms with Gasteiger partial charge in [0, 0.05) is 31.1 Å². The Kier molecular flexibility index (Phi) is 6.20. The molecule has 0 spiro atoms. The highest BCUT2D eigenvalue weighted by molar-refractivity contribution is 7.99. The van der Waals surface area contributed by atoms with Gasteiger partial charge in [-0.15, -0.1) is 11.3 Å². The molecule has 3 aromatic rings. The number of ether oxygens (including phenoxy) is 1. The summed E-state index contributed by atoms with van der Waals surface area (Å²) in [5.41, 5.74) is 2.17. The second-order valence-corrected chi connectivity index (χ2v) is 9.12. The van der Waals surface area contributed by atoms with Gasteiger partial charge < -0.3 is 15.0 Å². The molecule has 0 unspecified atom stereocenters. The summed E-state index contributed by atoms with van der Waals surface area (Å²) in [4.78, 5) is 25.5. The molecule has 2 aromatic heterocycles. The Morgan fingerprint density at radius 2 is 2.10 bits per heavy atom. The molecule has 1 aliphatic heterocycles. The van der Waals surface area contributed by atoms with Crippen molar-refractivity contribution >= 4 is 45.0 Å². The molecule has 29 heavy (non-hydrogen) atoms. The third-order valence-corrected chi connectivity index (χ3v) is 7.19. The number of nitrogens with one attached hydrogen (secondary N) is 1.